The van der Waals surface area contributed by atoms with Crippen LogP contribution >= 0.6 is 0 Å². The minimum atomic E-state index is -0.524. The molecule has 2 rings (SSSR count). The van der Waals surface area contributed by atoms with Crippen molar-refractivity contribution >= 4 is 6.16 Å². The molecule has 2 aliphatic rings. The van der Waals surface area contributed by atoms with Crippen LogP contribution in [-0.4, -0.2) is 29.1 Å². The highest BCUT2D eigenvalue weighted by Crippen LogP contribution is 2.40. The molecule has 27 heavy (non-hydrogen) atoms. The summed E-state index contributed by atoms with van der Waals surface area (Å²) < 4.78 is 10.8. The molecule has 4 heteroatoms. The second-order valence-corrected chi connectivity index (χ2v) is 10.1. The number of aliphatic hydroxyl groups excluding tert-OH is 1. The summed E-state index contributed by atoms with van der Waals surface area (Å²) in [7, 11) is 0. The first-order chi connectivity index (χ1) is 12.7. The Morgan fingerprint density at radius 1 is 1.00 bits per heavy atom. The molecule has 0 bridgehead atoms. The van der Waals surface area contributed by atoms with Gasteiger partial charge in [0.25, 0.3) is 0 Å². The number of carbonyl (C=O) groups excluding carboxylic acids is 1. The zero-order chi connectivity index (χ0) is 20.0. The molecule has 0 saturated heterocycles. The average molecular weight is 383 g/mol. The molecule has 0 aliphatic heterocycles. The second kappa shape index (κ2) is 10.1. The van der Waals surface area contributed by atoms with Gasteiger partial charge in [0, 0.05) is 0 Å². The molecule has 0 amide bonds. The zero-order valence-electron chi connectivity index (χ0n) is 18.2. The van der Waals surface area contributed by atoms with E-state index in [1.54, 1.807) is 0 Å². The Bertz CT molecular complexity index is 440. The molecule has 0 heterocycles. The van der Waals surface area contributed by atoms with Gasteiger partial charge in [-0.05, 0) is 102 Å². The Balaban J connectivity index is 1.73. The molecule has 2 fully saturated rings. The van der Waals surface area contributed by atoms with E-state index in [-0.39, 0.29) is 12.2 Å². The van der Waals surface area contributed by atoms with Crippen molar-refractivity contribution in [2.24, 2.45) is 23.7 Å². The highest BCUT2D eigenvalue weighted by Gasteiger charge is 2.32. The molecule has 0 spiro atoms. The number of ether oxygens (including phenoxy) is 2. The second-order valence-electron chi connectivity index (χ2n) is 10.1. The normalized spacial score (nSPS) is 31.8. The molecule has 0 aromatic heterocycles. The van der Waals surface area contributed by atoms with E-state index in [1.807, 2.05) is 20.8 Å². The fourth-order valence-electron chi connectivity index (χ4n) is 5.12. The van der Waals surface area contributed by atoms with Gasteiger partial charge in [0.2, 0.25) is 0 Å². The molecule has 0 aromatic carbocycles. The average Bonchev–Trinajstić information content (AvgIpc) is 2.59. The van der Waals surface area contributed by atoms with Crippen molar-refractivity contribution in [1.82, 2.24) is 0 Å². The molecule has 2 atom stereocenters. The summed E-state index contributed by atoms with van der Waals surface area (Å²) in [6, 6.07) is 0. The number of carbonyl (C=O) groups is 1. The van der Waals surface area contributed by atoms with Crippen LogP contribution in [0.5, 0.6) is 0 Å². The van der Waals surface area contributed by atoms with Crippen molar-refractivity contribution in [1.29, 1.82) is 0 Å². The topological polar surface area (TPSA) is 55.8 Å². The van der Waals surface area contributed by atoms with Crippen LogP contribution < -0.4 is 0 Å². The molecule has 4 nitrogen and oxygen atoms in total. The SMILES string of the molecule is CCC(CC(C)C1CCC(OC(=O)OC(C)(C)C)CC1)C1CCC(O)CC1. The lowest BCUT2D eigenvalue weighted by molar-refractivity contribution is -0.0386. The molecule has 2 unspecified atom stereocenters. The summed E-state index contributed by atoms with van der Waals surface area (Å²) in [6.07, 6.45) is 10.6. The van der Waals surface area contributed by atoms with Gasteiger partial charge in [-0.15, -0.1) is 0 Å². The monoisotopic (exact) mass is 382 g/mol. The van der Waals surface area contributed by atoms with Crippen molar-refractivity contribution in [2.75, 3.05) is 0 Å². The molecular formula is C23H42O4. The van der Waals surface area contributed by atoms with E-state index >= 15 is 0 Å². The quantitative estimate of drug-likeness (QED) is 0.564. The maximum absolute atomic E-state index is 11.9. The molecule has 0 radical (unpaired) electrons. The Morgan fingerprint density at radius 3 is 2.07 bits per heavy atom. The van der Waals surface area contributed by atoms with Gasteiger partial charge in [-0.25, -0.2) is 4.79 Å². The summed E-state index contributed by atoms with van der Waals surface area (Å²) in [6.45, 7) is 10.3. The van der Waals surface area contributed by atoms with Crippen LogP contribution in [0.2, 0.25) is 0 Å². The predicted molar refractivity (Wildman–Crippen MR) is 109 cm³/mol. The summed E-state index contributed by atoms with van der Waals surface area (Å²) in [5.41, 5.74) is -0.493. The van der Waals surface area contributed by atoms with Crippen molar-refractivity contribution in [3.8, 4) is 0 Å². The van der Waals surface area contributed by atoms with E-state index < -0.39 is 11.8 Å². The minimum absolute atomic E-state index is 0.0186. The summed E-state index contributed by atoms with van der Waals surface area (Å²) in [4.78, 5) is 11.9. The first-order valence-corrected chi connectivity index (χ1v) is 11.3. The van der Waals surface area contributed by atoms with E-state index in [0.717, 1.165) is 62.2 Å². The third-order valence-corrected chi connectivity index (χ3v) is 6.78. The van der Waals surface area contributed by atoms with Gasteiger partial charge in [0.05, 0.1) is 6.10 Å². The van der Waals surface area contributed by atoms with E-state index in [0.29, 0.717) is 0 Å². The molecular weight excluding hydrogens is 340 g/mol. The Labute approximate surface area is 166 Å². The lowest BCUT2D eigenvalue weighted by Gasteiger charge is -2.37. The van der Waals surface area contributed by atoms with Crippen molar-refractivity contribution in [3.63, 3.8) is 0 Å². The van der Waals surface area contributed by atoms with Gasteiger partial charge in [-0.1, -0.05) is 20.3 Å². The first kappa shape index (κ1) is 22.5. The number of aliphatic hydroxyl groups is 1. The third kappa shape index (κ3) is 7.63. The van der Waals surface area contributed by atoms with E-state index in [1.165, 1.54) is 25.7 Å². The van der Waals surface area contributed by atoms with Crippen molar-refractivity contribution < 1.29 is 19.4 Å². The Hall–Kier alpha value is -0.770. The van der Waals surface area contributed by atoms with E-state index in [2.05, 4.69) is 13.8 Å². The van der Waals surface area contributed by atoms with Crippen LogP contribution in [0, 0.1) is 23.7 Å². The standard InChI is InChI=1S/C23H42O4/c1-6-17(19-7-11-20(24)12-8-19)15-16(2)18-9-13-21(14-10-18)26-22(25)27-23(3,4)5/h16-21,24H,6-15H2,1-5H3. The number of hydrogen-bond donors (Lipinski definition) is 1. The van der Waals surface area contributed by atoms with Crippen LogP contribution in [0.4, 0.5) is 4.79 Å². The van der Waals surface area contributed by atoms with Gasteiger partial charge < -0.3 is 14.6 Å². The van der Waals surface area contributed by atoms with E-state index in [4.69, 9.17) is 9.47 Å². The largest absolute Gasteiger partial charge is 0.509 e. The van der Waals surface area contributed by atoms with E-state index in [9.17, 15) is 9.90 Å². The summed E-state index contributed by atoms with van der Waals surface area (Å²) in [5.74, 6) is 3.06. The van der Waals surface area contributed by atoms with Crippen LogP contribution in [0.3, 0.4) is 0 Å². The van der Waals surface area contributed by atoms with Gasteiger partial charge in [-0.2, -0.15) is 0 Å². The van der Waals surface area contributed by atoms with Gasteiger partial charge >= 0.3 is 6.16 Å². The van der Waals surface area contributed by atoms with Crippen LogP contribution in [0.1, 0.15) is 98.8 Å². The smallest absolute Gasteiger partial charge is 0.431 e. The lowest BCUT2D eigenvalue weighted by atomic mass is 9.70. The molecule has 158 valence electrons. The molecule has 2 aliphatic carbocycles. The molecule has 2 saturated carbocycles. The van der Waals surface area contributed by atoms with Crippen LogP contribution in [0.15, 0.2) is 0 Å². The molecule has 1 N–H and O–H groups in total. The predicted octanol–water partition coefficient (Wildman–Crippen LogP) is 6.10. The van der Waals surface area contributed by atoms with Crippen LogP contribution in [-0.2, 0) is 9.47 Å². The Morgan fingerprint density at radius 2 is 1.56 bits per heavy atom. The maximum atomic E-state index is 11.9. The van der Waals surface area contributed by atoms with Gasteiger partial charge in [-0.3, -0.25) is 0 Å². The van der Waals surface area contributed by atoms with Gasteiger partial charge in [0.15, 0.2) is 0 Å². The zero-order valence-corrected chi connectivity index (χ0v) is 18.2. The van der Waals surface area contributed by atoms with Gasteiger partial charge in [0.1, 0.15) is 11.7 Å². The lowest BCUT2D eigenvalue weighted by Crippen LogP contribution is -2.31. The Kier molecular flexibility index (Phi) is 8.45. The third-order valence-electron chi connectivity index (χ3n) is 6.78. The van der Waals surface area contributed by atoms with Crippen molar-refractivity contribution in [2.45, 2.75) is 117 Å². The first-order valence-electron chi connectivity index (χ1n) is 11.3. The fourth-order valence-corrected chi connectivity index (χ4v) is 5.12. The number of rotatable bonds is 6. The van der Waals surface area contributed by atoms with Crippen LogP contribution in [0.25, 0.3) is 0 Å². The molecule has 0 aromatic rings. The minimum Gasteiger partial charge on any atom is -0.431 e. The highest BCUT2D eigenvalue weighted by molar-refractivity contribution is 5.60. The summed E-state index contributed by atoms with van der Waals surface area (Å²) >= 11 is 0. The summed E-state index contributed by atoms with van der Waals surface area (Å²) in [5, 5.41) is 9.77. The number of hydrogen-bond acceptors (Lipinski definition) is 4. The maximum Gasteiger partial charge on any atom is 0.509 e. The fraction of sp³-hybridized carbons (Fsp3) is 0.957. The highest BCUT2D eigenvalue weighted by atomic mass is 16.7. The van der Waals surface area contributed by atoms with Crippen molar-refractivity contribution in [3.05, 3.63) is 0 Å².